The Balaban J connectivity index is 1.26. The summed E-state index contributed by atoms with van der Waals surface area (Å²) < 4.78 is 34.4. The maximum absolute atomic E-state index is 13.0. The second-order valence-electron chi connectivity index (χ2n) is 8.19. The average molecular weight is 497 g/mol. The molecule has 1 N–H and O–H groups in total. The number of carbonyl (C=O) groups is 2. The number of benzene rings is 3. The van der Waals surface area contributed by atoms with Gasteiger partial charge in [-0.25, -0.2) is 13.1 Å². The molecule has 2 amide bonds. The molecule has 7 nitrogen and oxygen atoms in total. The molecule has 0 fully saturated rings. The van der Waals surface area contributed by atoms with Crippen LogP contribution >= 0.6 is 11.6 Å². The highest BCUT2D eigenvalue weighted by atomic mass is 35.5. The van der Waals surface area contributed by atoms with Gasteiger partial charge in [-0.15, -0.1) is 0 Å². The van der Waals surface area contributed by atoms with Crippen molar-refractivity contribution in [3.63, 3.8) is 0 Å². The van der Waals surface area contributed by atoms with E-state index in [0.29, 0.717) is 46.9 Å². The number of nitrogens with zero attached hydrogens (tertiary/aromatic N) is 1. The molecule has 2 aliphatic rings. The molecule has 0 radical (unpaired) electrons. The van der Waals surface area contributed by atoms with Gasteiger partial charge in [-0.3, -0.25) is 14.5 Å². The van der Waals surface area contributed by atoms with Gasteiger partial charge in [0, 0.05) is 23.6 Å². The third-order valence-electron chi connectivity index (χ3n) is 6.04. The molecule has 1 atom stereocenters. The first kappa shape index (κ1) is 22.6. The summed E-state index contributed by atoms with van der Waals surface area (Å²) in [5.74, 6) is 0.00791. The lowest BCUT2D eigenvalue weighted by atomic mass is 10.0. The number of hydrogen-bond donors (Lipinski definition) is 1. The number of halogens is 1. The second kappa shape index (κ2) is 8.87. The fourth-order valence-corrected chi connectivity index (χ4v) is 5.69. The number of sulfonamides is 1. The van der Waals surface area contributed by atoms with Crippen molar-refractivity contribution in [3.8, 4) is 5.75 Å². The summed E-state index contributed by atoms with van der Waals surface area (Å²) in [5, 5.41) is 0.510. The zero-order chi connectivity index (χ0) is 23.9. The molecule has 9 heteroatoms. The fraction of sp³-hybridized carbons (Fsp3) is 0.200. The van der Waals surface area contributed by atoms with Gasteiger partial charge in [-0.05, 0) is 54.4 Å². The number of imide groups is 1. The molecule has 174 valence electrons. The van der Waals surface area contributed by atoms with Gasteiger partial charge in [0.2, 0.25) is 10.0 Å². The van der Waals surface area contributed by atoms with Crippen molar-refractivity contribution >= 4 is 33.4 Å². The molecule has 3 aromatic rings. The Kier molecular flexibility index (Phi) is 5.89. The van der Waals surface area contributed by atoms with Crippen molar-refractivity contribution < 1.29 is 22.7 Å². The minimum Gasteiger partial charge on any atom is -0.493 e. The first-order valence-electron chi connectivity index (χ1n) is 10.8. The summed E-state index contributed by atoms with van der Waals surface area (Å²) in [7, 11) is -3.78. The van der Waals surface area contributed by atoms with Gasteiger partial charge >= 0.3 is 0 Å². The number of hydrogen-bond acceptors (Lipinski definition) is 5. The van der Waals surface area contributed by atoms with Crippen LogP contribution in [0.2, 0.25) is 5.02 Å². The van der Waals surface area contributed by atoms with Crippen LogP contribution in [0, 0.1) is 0 Å². The van der Waals surface area contributed by atoms with Crippen LogP contribution in [0.1, 0.15) is 44.3 Å². The monoisotopic (exact) mass is 496 g/mol. The van der Waals surface area contributed by atoms with Crippen molar-refractivity contribution in [1.82, 2.24) is 9.62 Å². The van der Waals surface area contributed by atoms with Gasteiger partial charge in [-0.2, -0.15) is 0 Å². The van der Waals surface area contributed by atoms with Gasteiger partial charge in [0.05, 0.1) is 28.7 Å². The molecule has 0 aliphatic carbocycles. The van der Waals surface area contributed by atoms with Gasteiger partial charge in [0.25, 0.3) is 11.8 Å². The Bertz CT molecular complexity index is 1350. The standard InChI is InChI=1S/C25H21ClN2O5S/c26-17-7-10-23-21(15-17)22(12-14-33-23)27-34(31,32)18-8-5-16(6-9-18)11-13-28-24(29)19-3-1-2-4-20(19)25(28)30/h1-10,15,22,27H,11-14H2. The molecular formula is C25H21ClN2O5S. The minimum atomic E-state index is -3.78. The number of nitrogens with one attached hydrogen (secondary N) is 1. The Labute approximate surface area is 202 Å². The van der Waals surface area contributed by atoms with E-state index < -0.39 is 16.1 Å². The molecule has 0 saturated heterocycles. The Morgan fingerprint density at radius 3 is 2.32 bits per heavy atom. The lowest BCUT2D eigenvalue weighted by molar-refractivity contribution is 0.0656. The molecule has 1 unspecified atom stereocenters. The minimum absolute atomic E-state index is 0.132. The van der Waals surface area contributed by atoms with E-state index in [1.54, 1.807) is 54.6 Å². The largest absolute Gasteiger partial charge is 0.493 e. The van der Waals surface area contributed by atoms with Crippen molar-refractivity contribution in [2.75, 3.05) is 13.2 Å². The Hall–Kier alpha value is -3.20. The zero-order valence-electron chi connectivity index (χ0n) is 18.0. The first-order valence-corrected chi connectivity index (χ1v) is 12.7. The third-order valence-corrected chi connectivity index (χ3v) is 7.77. The van der Waals surface area contributed by atoms with E-state index in [0.717, 1.165) is 5.56 Å². The SMILES string of the molecule is O=C1c2ccccc2C(=O)N1CCc1ccc(S(=O)(=O)NC2CCOc3ccc(Cl)cc32)cc1. The average Bonchev–Trinajstić information content (AvgIpc) is 3.08. The van der Waals surface area contributed by atoms with E-state index in [1.807, 2.05) is 0 Å². The van der Waals surface area contributed by atoms with Crippen molar-refractivity contribution in [1.29, 1.82) is 0 Å². The van der Waals surface area contributed by atoms with E-state index >= 15 is 0 Å². The number of ether oxygens (including phenoxy) is 1. The highest BCUT2D eigenvalue weighted by Gasteiger charge is 2.34. The second-order valence-corrected chi connectivity index (χ2v) is 10.3. The predicted molar refractivity (Wildman–Crippen MR) is 127 cm³/mol. The fourth-order valence-electron chi connectivity index (χ4n) is 4.26. The van der Waals surface area contributed by atoms with E-state index in [1.165, 1.54) is 17.0 Å². The van der Waals surface area contributed by atoms with Crippen LogP contribution in [0.5, 0.6) is 5.75 Å². The zero-order valence-corrected chi connectivity index (χ0v) is 19.6. The first-order chi connectivity index (χ1) is 16.3. The normalized spacial score (nSPS) is 17.3. The van der Waals surface area contributed by atoms with Crippen LogP contribution in [0.25, 0.3) is 0 Å². The maximum Gasteiger partial charge on any atom is 0.261 e. The number of amides is 2. The van der Waals surface area contributed by atoms with Crippen molar-refractivity contribution in [2.24, 2.45) is 0 Å². The summed E-state index contributed by atoms with van der Waals surface area (Å²) >= 11 is 6.09. The van der Waals surface area contributed by atoms with Gasteiger partial charge in [0.15, 0.2) is 0 Å². The summed E-state index contributed by atoms with van der Waals surface area (Å²) in [6.45, 7) is 0.620. The summed E-state index contributed by atoms with van der Waals surface area (Å²) in [5.41, 5.74) is 2.35. The van der Waals surface area contributed by atoms with E-state index in [2.05, 4.69) is 4.72 Å². The van der Waals surface area contributed by atoms with Crippen LogP contribution in [-0.4, -0.2) is 38.3 Å². The van der Waals surface area contributed by atoms with Gasteiger partial charge < -0.3 is 4.74 Å². The summed E-state index contributed by atoms with van der Waals surface area (Å²) in [4.78, 5) is 26.4. The highest BCUT2D eigenvalue weighted by Crippen LogP contribution is 2.35. The van der Waals surface area contributed by atoms with E-state index in [-0.39, 0.29) is 23.3 Å². The summed E-state index contributed by atoms with van der Waals surface area (Å²) in [6, 6.07) is 17.9. The van der Waals surface area contributed by atoms with Gasteiger partial charge in [0.1, 0.15) is 5.75 Å². The molecular weight excluding hydrogens is 476 g/mol. The van der Waals surface area contributed by atoms with Crippen LogP contribution in [0.15, 0.2) is 71.6 Å². The molecule has 0 aromatic heterocycles. The van der Waals surface area contributed by atoms with Crippen LogP contribution in [0.4, 0.5) is 0 Å². The van der Waals surface area contributed by atoms with Crippen molar-refractivity contribution in [3.05, 3.63) is 94.0 Å². The maximum atomic E-state index is 13.0. The lowest BCUT2D eigenvalue weighted by Crippen LogP contribution is -2.32. The highest BCUT2D eigenvalue weighted by molar-refractivity contribution is 7.89. The summed E-state index contributed by atoms with van der Waals surface area (Å²) in [6.07, 6.45) is 0.913. The molecule has 5 rings (SSSR count). The lowest BCUT2D eigenvalue weighted by Gasteiger charge is -2.26. The number of rotatable bonds is 6. The molecule has 0 saturated carbocycles. The van der Waals surface area contributed by atoms with E-state index in [9.17, 15) is 18.0 Å². The molecule has 2 heterocycles. The smallest absolute Gasteiger partial charge is 0.261 e. The Morgan fingerprint density at radius 2 is 1.65 bits per heavy atom. The Morgan fingerprint density at radius 1 is 0.971 bits per heavy atom. The van der Waals surface area contributed by atoms with Crippen LogP contribution in [0.3, 0.4) is 0 Å². The predicted octanol–water partition coefficient (Wildman–Crippen LogP) is 3.98. The molecule has 0 bridgehead atoms. The van der Waals surface area contributed by atoms with Gasteiger partial charge in [-0.1, -0.05) is 35.9 Å². The van der Waals surface area contributed by atoms with Crippen LogP contribution in [-0.2, 0) is 16.4 Å². The molecule has 2 aliphatic heterocycles. The molecule has 0 spiro atoms. The third kappa shape index (κ3) is 4.20. The topological polar surface area (TPSA) is 92.8 Å². The molecule has 34 heavy (non-hydrogen) atoms. The number of carbonyl (C=O) groups excluding carboxylic acids is 2. The van der Waals surface area contributed by atoms with Crippen LogP contribution < -0.4 is 9.46 Å². The molecule has 3 aromatic carbocycles. The van der Waals surface area contributed by atoms with E-state index in [4.69, 9.17) is 16.3 Å². The van der Waals surface area contributed by atoms with Crippen molar-refractivity contribution in [2.45, 2.75) is 23.8 Å². The number of fused-ring (bicyclic) bond motifs is 2. The quantitative estimate of drug-likeness (QED) is 0.521.